The zero-order chi connectivity index (χ0) is 15.8. The number of nitrogens with zero attached hydrogens (tertiary/aromatic N) is 5. The molecule has 0 unspecified atom stereocenters. The van der Waals surface area contributed by atoms with Crippen molar-refractivity contribution in [2.75, 3.05) is 11.4 Å². The summed E-state index contributed by atoms with van der Waals surface area (Å²) in [7, 11) is 0. The van der Waals surface area contributed by atoms with E-state index in [0.717, 1.165) is 43.5 Å². The molecule has 3 aromatic heterocycles. The van der Waals surface area contributed by atoms with Gasteiger partial charge in [0.1, 0.15) is 11.5 Å². The Balaban J connectivity index is 1.62. The van der Waals surface area contributed by atoms with Gasteiger partial charge in [0.2, 0.25) is 5.95 Å². The van der Waals surface area contributed by atoms with Crippen molar-refractivity contribution in [3.05, 3.63) is 59.0 Å². The lowest BCUT2D eigenvalue weighted by atomic mass is 10.1. The molecule has 1 aliphatic heterocycles. The SMILES string of the molecule is Cc1ccc(C)n1Cc1noc2c1CN(c1ncccn1)CC2. The predicted molar refractivity (Wildman–Crippen MR) is 86.3 cm³/mol. The van der Waals surface area contributed by atoms with Crippen LogP contribution in [0.5, 0.6) is 0 Å². The highest BCUT2D eigenvalue weighted by molar-refractivity contribution is 5.38. The number of rotatable bonds is 3. The normalized spacial score (nSPS) is 14.1. The second-order valence-electron chi connectivity index (χ2n) is 5.95. The number of fused-ring (bicyclic) bond motifs is 1. The van der Waals surface area contributed by atoms with Gasteiger partial charge in [0.05, 0.1) is 13.1 Å². The molecule has 3 aromatic rings. The van der Waals surface area contributed by atoms with Gasteiger partial charge in [-0.2, -0.15) is 0 Å². The molecule has 0 amide bonds. The molecule has 4 rings (SSSR count). The van der Waals surface area contributed by atoms with Crippen LogP contribution in [0.4, 0.5) is 5.95 Å². The van der Waals surface area contributed by atoms with Crippen LogP contribution in [0.1, 0.15) is 28.4 Å². The van der Waals surface area contributed by atoms with Crippen molar-refractivity contribution in [1.82, 2.24) is 19.7 Å². The lowest BCUT2D eigenvalue weighted by Crippen LogP contribution is -2.31. The Kier molecular flexibility index (Phi) is 3.37. The number of hydrogen-bond donors (Lipinski definition) is 0. The van der Waals surface area contributed by atoms with E-state index < -0.39 is 0 Å². The molecule has 0 aromatic carbocycles. The quantitative estimate of drug-likeness (QED) is 0.744. The predicted octanol–water partition coefficient (Wildman–Crippen LogP) is 2.49. The van der Waals surface area contributed by atoms with Crippen molar-refractivity contribution in [2.24, 2.45) is 0 Å². The highest BCUT2D eigenvalue weighted by Gasteiger charge is 2.25. The standard InChI is InChI=1S/C17H19N5O/c1-12-4-5-13(2)22(12)11-15-14-10-21(9-6-16(14)23-20-15)17-18-7-3-8-19-17/h3-5,7-8H,6,9-11H2,1-2H3. The Morgan fingerprint density at radius 3 is 2.61 bits per heavy atom. The minimum Gasteiger partial charge on any atom is -0.361 e. The van der Waals surface area contributed by atoms with E-state index in [1.807, 2.05) is 6.07 Å². The summed E-state index contributed by atoms with van der Waals surface area (Å²) >= 11 is 0. The molecule has 0 aliphatic carbocycles. The molecule has 1 aliphatic rings. The fourth-order valence-electron chi connectivity index (χ4n) is 3.11. The number of aromatic nitrogens is 4. The van der Waals surface area contributed by atoms with E-state index in [2.05, 4.69) is 50.6 Å². The zero-order valence-electron chi connectivity index (χ0n) is 13.4. The summed E-state index contributed by atoms with van der Waals surface area (Å²) in [5.41, 5.74) is 4.65. The average Bonchev–Trinajstić information content (AvgIpc) is 3.13. The molecule has 0 N–H and O–H groups in total. The number of aryl methyl sites for hydroxylation is 2. The Bertz CT molecular complexity index is 801. The molecule has 0 saturated carbocycles. The highest BCUT2D eigenvalue weighted by Crippen LogP contribution is 2.25. The van der Waals surface area contributed by atoms with E-state index in [0.29, 0.717) is 0 Å². The van der Waals surface area contributed by atoms with Crippen molar-refractivity contribution < 1.29 is 4.52 Å². The van der Waals surface area contributed by atoms with Gasteiger partial charge in [-0.25, -0.2) is 9.97 Å². The number of hydrogen-bond acceptors (Lipinski definition) is 5. The maximum absolute atomic E-state index is 5.57. The molecule has 0 saturated heterocycles. The Morgan fingerprint density at radius 1 is 1.13 bits per heavy atom. The van der Waals surface area contributed by atoms with Gasteiger partial charge in [0, 0.05) is 42.3 Å². The first-order valence-corrected chi connectivity index (χ1v) is 7.83. The third-order valence-electron chi connectivity index (χ3n) is 4.47. The zero-order valence-corrected chi connectivity index (χ0v) is 13.4. The van der Waals surface area contributed by atoms with Gasteiger partial charge in [-0.1, -0.05) is 5.16 Å². The summed E-state index contributed by atoms with van der Waals surface area (Å²) in [4.78, 5) is 10.9. The molecule has 118 valence electrons. The molecule has 0 radical (unpaired) electrons. The summed E-state index contributed by atoms with van der Waals surface area (Å²) in [6, 6.07) is 6.10. The van der Waals surface area contributed by atoms with Crippen molar-refractivity contribution in [1.29, 1.82) is 0 Å². The molecular weight excluding hydrogens is 290 g/mol. The van der Waals surface area contributed by atoms with E-state index in [4.69, 9.17) is 4.52 Å². The molecule has 0 atom stereocenters. The van der Waals surface area contributed by atoms with Gasteiger partial charge in [-0.05, 0) is 32.0 Å². The largest absolute Gasteiger partial charge is 0.361 e. The second-order valence-corrected chi connectivity index (χ2v) is 5.95. The van der Waals surface area contributed by atoms with E-state index in [1.165, 1.54) is 17.0 Å². The minimum absolute atomic E-state index is 0.743. The van der Waals surface area contributed by atoms with Crippen LogP contribution >= 0.6 is 0 Å². The lowest BCUT2D eigenvalue weighted by Gasteiger charge is -2.26. The van der Waals surface area contributed by atoms with Crippen LogP contribution in [0.15, 0.2) is 35.1 Å². The monoisotopic (exact) mass is 309 g/mol. The fraction of sp³-hybridized carbons (Fsp3) is 0.353. The average molecular weight is 309 g/mol. The van der Waals surface area contributed by atoms with Gasteiger partial charge in [-0.15, -0.1) is 0 Å². The lowest BCUT2D eigenvalue weighted by molar-refractivity contribution is 0.371. The summed E-state index contributed by atoms with van der Waals surface area (Å²) in [6.45, 7) is 6.57. The molecule has 6 nitrogen and oxygen atoms in total. The van der Waals surface area contributed by atoms with Gasteiger partial charge < -0.3 is 14.0 Å². The fourth-order valence-corrected chi connectivity index (χ4v) is 3.11. The van der Waals surface area contributed by atoms with E-state index in [1.54, 1.807) is 12.4 Å². The van der Waals surface area contributed by atoms with Crippen molar-refractivity contribution in [3.63, 3.8) is 0 Å². The van der Waals surface area contributed by atoms with Crippen LogP contribution in [-0.2, 0) is 19.5 Å². The van der Waals surface area contributed by atoms with Crippen molar-refractivity contribution >= 4 is 5.95 Å². The van der Waals surface area contributed by atoms with E-state index >= 15 is 0 Å². The number of anilines is 1. The van der Waals surface area contributed by atoms with Gasteiger partial charge in [-0.3, -0.25) is 0 Å². The molecule has 23 heavy (non-hydrogen) atoms. The third-order valence-corrected chi connectivity index (χ3v) is 4.47. The maximum atomic E-state index is 5.57. The summed E-state index contributed by atoms with van der Waals surface area (Å²) in [5.74, 6) is 1.76. The van der Waals surface area contributed by atoms with Crippen molar-refractivity contribution in [2.45, 2.75) is 33.4 Å². The van der Waals surface area contributed by atoms with Crippen LogP contribution < -0.4 is 4.90 Å². The Morgan fingerprint density at radius 2 is 1.87 bits per heavy atom. The van der Waals surface area contributed by atoms with Crippen LogP contribution in [0.2, 0.25) is 0 Å². The first kappa shape index (κ1) is 14.0. The Labute approximate surface area is 134 Å². The van der Waals surface area contributed by atoms with E-state index in [9.17, 15) is 0 Å². The first-order chi connectivity index (χ1) is 11.2. The summed E-state index contributed by atoms with van der Waals surface area (Å²) in [5, 5.41) is 4.32. The van der Waals surface area contributed by atoms with Gasteiger partial charge in [0.25, 0.3) is 0 Å². The summed E-state index contributed by atoms with van der Waals surface area (Å²) in [6.07, 6.45) is 4.39. The molecule has 0 spiro atoms. The molecule has 0 bridgehead atoms. The minimum atomic E-state index is 0.743. The highest BCUT2D eigenvalue weighted by atomic mass is 16.5. The molecule has 4 heterocycles. The van der Waals surface area contributed by atoms with Gasteiger partial charge >= 0.3 is 0 Å². The maximum Gasteiger partial charge on any atom is 0.225 e. The van der Waals surface area contributed by atoms with E-state index in [-0.39, 0.29) is 0 Å². The second kappa shape index (κ2) is 5.53. The molecular formula is C17H19N5O. The van der Waals surface area contributed by atoms with Crippen LogP contribution in [0, 0.1) is 13.8 Å². The topological polar surface area (TPSA) is 60.0 Å². The van der Waals surface area contributed by atoms with Crippen LogP contribution in [0.25, 0.3) is 0 Å². The first-order valence-electron chi connectivity index (χ1n) is 7.83. The molecule has 0 fully saturated rings. The third kappa shape index (κ3) is 2.50. The van der Waals surface area contributed by atoms with Gasteiger partial charge in [0.15, 0.2) is 0 Å². The Hall–Kier alpha value is -2.63. The van der Waals surface area contributed by atoms with Crippen molar-refractivity contribution in [3.8, 4) is 0 Å². The molecule has 6 heteroatoms. The summed E-state index contributed by atoms with van der Waals surface area (Å²) < 4.78 is 7.83. The smallest absolute Gasteiger partial charge is 0.225 e. The van der Waals surface area contributed by atoms with Crippen LogP contribution in [-0.4, -0.2) is 26.2 Å². The van der Waals surface area contributed by atoms with Crippen LogP contribution in [0.3, 0.4) is 0 Å².